The minimum absolute atomic E-state index is 0.0695. The van der Waals surface area contributed by atoms with Gasteiger partial charge in [0.25, 0.3) is 0 Å². The summed E-state index contributed by atoms with van der Waals surface area (Å²) in [6, 6.07) is 4.94. The molecule has 1 heterocycles. The van der Waals surface area contributed by atoms with Gasteiger partial charge in [-0.05, 0) is 31.5 Å². The van der Waals surface area contributed by atoms with Crippen molar-refractivity contribution in [3.8, 4) is 0 Å². The molecule has 0 aliphatic carbocycles. The third-order valence-electron chi connectivity index (χ3n) is 4.27. The number of halogens is 3. The van der Waals surface area contributed by atoms with E-state index in [9.17, 15) is 22.8 Å². The Kier molecular flexibility index (Phi) is 5.51. The Morgan fingerprint density at radius 2 is 1.96 bits per heavy atom. The van der Waals surface area contributed by atoms with Crippen LogP contribution in [0, 0.1) is 5.92 Å². The Labute approximate surface area is 139 Å². The average molecular weight is 342 g/mol. The summed E-state index contributed by atoms with van der Waals surface area (Å²) in [6.45, 7) is 5.24. The number of amides is 2. The lowest BCUT2D eigenvalue weighted by atomic mass is 10.1. The normalized spacial score (nSPS) is 18.1. The predicted octanol–water partition coefficient (Wildman–Crippen LogP) is 2.92. The molecule has 1 aliphatic rings. The SMILES string of the molecule is CCN(CC)C(=O)[C@H]1CC(=O)N(Cc2cccc(C(F)(F)F)c2)C1. The maximum atomic E-state index is 12.8. The first-order valence-corrected chi connectivity index (χ1v) is 7.99. The number of benzene rings is 1. The number of alkyl halides is 3. The van der Waals surface area contributed by atoms with E-state index in [0.29, 0.717) is 18.7 Å². The van der Waals surface area contributed by atoms with Crippen LogP contribution < -0.4 is 0 Å². The molecule has 2 rings (SSSR count). The topological polar surface area (TPSA) is 40.6 Å². The molecule has 24 heavy (non-hydrogen) atoms. The van der Waals surface area contributed by atoms with Crippen molar-refractivity contribution in [3.05, 3.63) is 35.4 Å². The second kappa shape index (κ2) is 7.23. The van der Waals surface area contributed by atoms with Crippen LogP contribution in [-0.2, 0) is 22.3 Å². The Balaban J connectivity index is 2.06. The molecule has 1 aliphatic heterocycles. The number of rotatable bonds is 5. The highest BCUT2D eigenvalue weighted by Gasteiger charge is 2.36. The van der Waals surface area contributed by atoms with Crippen molar-refractivity contribution in [2.45, 2.75) is 33.0 Å². The van der Waals surface area contributed by atoms with E-state index < -0.39 is 17.7 Å². The van der Waals surface area contributed by atoms with Crippen molar-refractivity contribution in [2.75, 3.05) is 19.6 Å². The third-order valence-corrected chi connectivity index (χ3v) is 4.27. The molecular formula is C17H21F3N2O2. The van der Waals surface area contributed by atoms with Gasteiger partial charge in [0.2, 0.25) is 11.8 Å². The highest BCUT2D eigenvalue weighted by atomic mass is 19.4. The largest absolute Gasteiger partial charge is 0.416 e. The van der Waals surface area contributed by atoms with Crippen LogP contribution in [0.25, 0.3) is 0 Å². The lowest BCUT2D eigenvalue weighted by molar-refractivity contribution is -0.137. The first-order valence-electron chi connectivity index (χ1n) is 7.99. The van der Waals surface area contributed by atoms with Crippen molar-refractivity contribution in [3.63, 3.8) is 0 Å². The summed E-state index contributed by atoms with van der Waals surface area (Å²) in [5.41, 5.74) is -0.323. The van der Waals surface area contributed by atoms with Crippen molar-refractivity contribution in [1.29, 1.82) is 0 Å². The van der Waals surface area contributed by atoms with Crippen molar-refractivity contribution in [2.24, 2.45) is 5.92 Å². The summed E-state index contributed by atoms with van der Waals surface area (Å²) in [6.07, 6.45) is -4.29. The van der Waals surface area contributed by atoms with Gasteiger partial charge in [-0.1, -0.05) is 12.1 Å². The highest BCUT2D eigenvalue weighted by molar-refractivity contribution is 5.89. The quantitative estimate of drug-likeness (QED) is 0.825. The number of hydrogen-bond acceptors (Lipinski definition) is 2. The maximum Gasteiger partial charge on any atom is 0.416 e. The summed E-state index contributed by atoms with van der Waals surface area (Å²) in [5, 5.41) is 0. The summed E-state index contributed by atoms with van der Waals surface area (Å²) in [5.74, 6) is -0.680. The first kappa shape index (κ1) is 18.3. The Bertz CT molecular complexity index is 612. The van der Waals surface area contributed by atoms with Crippen LogP contribution in [0.1, 0.15) is 31.4 Å². The molecule has 1 aromatic rings. The molecule has 4 nitrogen and oxygen atoms in total. The number of nitrogens with zero attached hydrogens (tertiary/aromatic N) is 2. The lowest BCUT2D eigenvalue weighted by Gasteiger charge is -2.22. The molecule has 2 amide bonds. The minimum atomic E-state index is -4.41. The van der Waals surface area contributed by atoms with Crippen molar-refractivity contribution in [1.82, 2.24) is 9.80 Å². The van der Waals surface area contributed by atoms with Crippen LogP contribution in [0.5, 0.6) is 0 Å². The van der Waals surface area contributed by atoms with Gasteiger partial charge >= 0.3 is 6.18 Å². The molecule has 1 fully saturated rings. The number of carbonyl (C=O) groups excluding carboxylic acids is 2. The second-order valence-electron chi connectivity index (χ2n) is 5.88. The van der Waals surface area contributed by atoms with E-state index in [1.54, 1.807) is 11.0 Å². The number of likely N-dealkylation sites (tertiary alicyclic amines) is 1. The van der Waals surface area contributed by atoms with Crippen LogP contribution in [0.15, 0.2) is 24.3 Å². The third kappa shape index (κ3) is 4.07. The van der Waals surface area contributed by atoms with E-state index in [1.165, 1.54) is 11.0 Å². The van der Waals surface area contributed by atoms with Gasteiger partial charge < -0.3 is 9.80 Å². The Morgan fingerprint density at radius 1 is 1.29 bits per heavy atom. The predicted molar refractivity (Wildman–Crippen MR) is 82.9 cm³/mol. The van der Waals surface area contributed by atoms with Crippen LogP contribution in [-0.4, -0.2) is 41.2 Å². The summed E-state index contributed by atoms with van der Waals surface area (Å²) in [7, 11) is 0. The summed E-state index contributed by atoms with van der Waals surface area (Å²) in [4.78, 5) is 27.6. The molecule has 132 valence electrons. The van der Waals surface area contributed by atoms with E-state index in [1.807, 2.05) is 13.8 Å². The van der Waals surface area contributed by atoms with Gasteiger partial charge in [0.1, 0.15) is 0 Å². The number of carbonyl (C=O) groups is 2. The van der Waals surface area contributed by atoms with Gasteiger partial charge in [-0.25, -0.2) is 0 Å². The lowest BCUT2D eigenvalue weighted by Crippen LogP contribution is -2.37. The molecule has 0 N–H and O–H groups in total. The minimum Gasteiger partial charge on any atom is -0.343 e. The molecule has 1 saturated heterocycles. The highest BCUT2D eigenvalue weighted by Crippen LogP contribution is 2.30. The first-order chi connectivity index (χ1) is 11.3. The molecule has 7 heteroatoms. The van der Waals surface area contributed by atoms with Gasteiger partial charge in [-0.3, -0.25) is 9.59 Å². The molecule has 0 saturated carbocycles. The molecule has 0 unspecified atom stereocenters. The van der Waals surface area contributed by atoms with Gasteiger partial charge in [-0.2, -0.15) is 13.2 Å². The fraction of sp³-hybridized carbons (Fsp3) is 0.529. The van der Waals surface area contributed by atoms with Crippen LogP contribution >= 0.6 is 0 Å². The van der Waals surface area contributed by atoms with E-state index in [2.05, 4.69) is 0 Å². The van der Waals surface area contributed by atoms with Crippen molar-refractivity contribution >= 4 is 11.8 Å². The smallest absolute Gasteiger partial charge is 0.343 e. The van der Waals surface area contributed by atoms with Crippen LogP contribution in [0.3, 0.4) is 0 Å². The Hall–Kier alpha value is -2.05. The molecular weight excluding hydrogens is 321 g/mol. The zero-order valence-corrected chi connectivity index (χ0v) is 13.8. The van der Waals surface area contributed by atoms with Crippen LogP contribution in [0.4, 0.5) is 13.2 Å². The summed E-state index contributed by atoms with van der Waals surface area (Å²) >= 11 is 0. The zero-order valence-electron chi connectivity index (χ0n) is 13.8. The molecule has 0 spiro atoms. The fourth-order valence-electron chi connectivity index (χ4n) is 2.95. The van der Waals surface area contributed by atoms with Crippen molar-refractivity contribution < 1.29 is 22.8 Å². The molecule has 1 aromatic carbocycles. The van der Waals surface area contributed by atoms with Crippen LogP contribution in [0.2, 0.25) is 0 Å². The molecule has 0 bridgehead atoms. The van der Waals surface area contributed by atoms with E-state index in [4.69, 9.17) is 0 Å². The standard InChI is InChI=1S/C17H21F3N2O2/c1-3-21(4-2)16(24)13-9-15(23)22(11-13)10-12-6-5-7-14(8-12)17(18,19)20/h5-8,13H,3-4,9-11H2,1-2H3/t13-/m0/s1. The number of hydrogen-bond donors (Lipinski definition) is 0. The average Bonchev–Trinajstić information content (AvgIpc) is 2.89. The summed E-state index contributed by atoms with van der Waals surface area (Å²) < 4.78 is 38.3. The second-order valence-corrected chi connectivity index (χ2v) is 5.88. The van der Waals surface area contributed by atoms with Gasteiger partial charge in [0.05, 0.1) is 11.5 Å². The van der Waals surface area contributed by atoms with Gasteiger partial charge in [0, 0.05) is 32.6 Å². The van der Waals surface area contributed by atoms with Gasteiger partial charge in [0.15, 0.2) is 0 Å². The zero-order chi connectivity index (χ0) is 17.9. The monoisotopic (exact) mass is 342 g/mol. The molecule has 0 radical (unpaired) electrons. The van der Waals surface area contributed by atoms with E-state index in [0.717, 1.165) is 12.1 Å². The van der Waals surface area contributed by atoms with E-state index >= 15 is 0 Å². The maximum absolute atomic E-state index is 12.8. The molecule has 0 aromatic heterocycles. The van der Waals surface area contributed by atoms with Gasteiger partial charge in [-0.15, -0.1) is 0 Å². The van der Waals surface area contributed by atoms with E-state index in [-0.39, 0.29) is 31.3 Å². The molecule has 1 atom stereocenters. The Morgan fingerprint density at radius 3 is 2.54 bits per heavy atom. The fourth-order valence-corrected chi connectivity index (χ4v) is 2.95.